The lowest BCUT2D eigenvalue weighted by Crippen LogP contribution is -2.57. The van der Waals surface area contributed by atoms with Gasteiger partial charge in [0, 0.05) is 6.54 Å². The van der Waals surface area contributed by atoms with Crippen LogP contribution in [0.1, 0.15) is 43.1 Å². The average Bonchev–Trinajstić information content (AvgIpc) is 2.78. The smallest absolute Gasteiger partial charge is 0.410 e. The van der Waals surface area contributed by atoms with Crippen LogP contribution in [0.2, 0.25) is 0 Å². The van der Waals surface area contributed by atoms with Gasteiger partial charge in [-0.2, -0.15) is 0 Å². The molecule has 176 valence electrons. The molecule has 0 bridgehead atoms. The molecule has 8 heteroatoms. The van der Waals surface area contributed by atoms with Gasteiger partial charge >= 0.3 is 18.2 Å². The van der Waals surface area contributed by atoms with Gasteiger partial charge < -0.3 is 24.4 Å². The summed E-state index contributed by atoms with van der Waals surface area (Å²) in [5.41, 5.74) is 0.596. The molecule has 2 aromatic carbocycles. The second-order valence-corrected chi connectivity index (χ2v) is 8.84. The highest BCUT2D eigenvalue weighted by Crippen LogP contribution is 2.19. The van der Waals surface area contributed by atoms with Crippen LogP contribution in [0.3, 0.4) is 0 Å². The summed E-state index contributed by atoms with van der Waals surface area (Å²) in [6, 6.07) is 17.4. The van der Waals surface area contributed by atoms with Gasteiger partial charge in [0.1, 0.15) is 18.3 Å². The Morgan fingerprint density at radius 3 is 2.27 bits per heavy atom. The molecule has 8 nitrogen and oxygen atoms in total. The molecule has 2 aromatic rings. The highest BCUT2D eigenvalue weighted by Gasteiger charge is 2.36. The molecule has 1 fully saturated rings. The third kappa shape index (κ3) is 7.52. The molecule has 0 aliphatic carbocycles. The van der Waals surface area contributed by atoms with E-state index in [0.29, 0.717) is 18.5 Å². The van der Waals surface area contributed by atoms with E-state index in [1.54, 1.807) is 51.1 Å². The molecule has 2 amide bonds. The highest BCUT2D eigenvalue weighted by atomic mass is 16.6. The lowest BCUT2D eigenvalue weighted by molar-refractivity contribution is -0.0126. The molecule has 0 radical (unpaired) electrons. The van der Waals surface area contributed by atoms with Crippen molar-refractivity contribution in [3.05, 3.63) is 71.8 Å². The van der Waals surface area contributed by atoms with Gasteiger partial charge in [0.05, 0.1) is 18.2 Å². The molecule has 3 rings (SSSR count). The Morgan fingerprint density at radius 2 is 1.64 bits per heavy atom. The Balaban J connectivity index is 1.66. The summed E-state index contributed by atoms with van der Waals surface area (Å²) in [6.45, 7) is 5.88. The van der Waals surface area contributed by atoms with Crippen molar-refractivity contribution in [3.8, 4) is 0 Å². The zero-order chi connectivity index (χ0) is 23.8. The van der Waals surface area contributed by atoms with Crippen molar-refractivity contribution in [1.82, 2.24) is 10.2 Å². The number of nitrogens with zero attached hydrogens (tertiary/aromatic N) is 1. The SMILES string of the molecule is CC(C)(C)OC(=O)NC1CCN(C(=O)OCc2ccccc2)CC1OC(=O)c1ccccc1. The molecular formula is C25H30N2O6. The number of carbonyl (C=O) groups excluding carboxylic acids is 3. The minimum Gasteiger partial charge on any atom is -0.455 e. The molecule has 1 aliphatic heterocycles. The van der Waals surface area contributed by atoms with E-state index < -0.39 is 35.9 Å². The number of nitrogens with one attached hydrogen (secondary N) is 1. The summed E-state index contributed by atoms with van der Waals surface area (Å²) in [5.74, 6) is -0.531. The van der Waals surface area contributed by atoms with Gasteiger partial charge in [0.2, 0.25) is 0 Å². The van der Waals surface area contributed by atoms with Gasteiger partial charge in [0.25, 0.3) is 0 Å². The van der Waals surface area contributed by atoms with Crippen molar-refractivity contribution < 1.29 is 28.6 Å². The maximum Gasteiger partial charge on any atom is 0.410 e. The zero-order valence-electron chi connectivity index (χ0n) is 19.2. The number of ether oxygens (including phenoxy) is 3. The first-order valence-electron chi connectivity index (χ1n) is 10.9. The van der Waals surface area contributed by atoms with Gasteiger partial charge in [-0.05, 0) is 44.9 Å². The topological polar surface area (TPSA) is 94.2 Å². The summed E-state index contributed by atoms with van der Waals surface area (Å²) < 4.78 is 16.5. The predicted molar refractivity (Wildman–Crippen MR) is 122 cm³/mol. The van der Waals surface area contributed by atoms with Crippen LogP contribution >= 0.6 is 0 Å². The molecule has 33 heavy (non-hydrogen) atoms. The minimum absolute atomic E-state index is 0.0899. The fraction of sp³-hybridized carbons (Fsp3) is 0.400. The van der Waals surface area contributed by atoms with E-state index in [4.69, 9.17) is 14.2 Å². The van der Waals surface area contributed by atoms with Crippen LogP contribution in [0, 0.1) is 0 Å². The first kappa shape index (κ1) is 24.1. The van der Waals surface area contributed by atoms with E-state index in [2.05, 4.69) is 5.32 Å². The maximum absolute atomic E-state index is 12.7. The molecule has 2 unspecified atom stereocenters. The zero-order valence-corrected chi connectivity index (χ0v) is 19.2. The minimum atomic E-state index is -0.761. The summed E-state index contributed by atoms with van der Waals surface area (Å²) in [6.07, 6.45) is -1.49. The predicted octanol–water partition coefficient (Wildman–Crippen LogP) is 4.15. The van der Waals surface area contributed by atoms with E-state index in [0.717, 1.165) is 5.56 Å². The number of esters is 1. The molecule has 1 heterocycles. The van der Waals surface area contributed by atoms with Crippen molar-refractivity contribution in [2.75, 3.05) is 13.1 Å². The molecule has 1 aliphatic rings. The number of likely N-dealkylation sites (tertiary alicyclic amines) is 1. The molecule has 1 N–H and O–H groups in total. The highest BCUT2D eigenvalue weighted by molar-refractivity contribution is 5.89. The number of hydrogen-bond acceptors (Lipinski definition) is 6. The third-order valence-electron chi connectivity index (χ3n) is 4.99. The molecule has 2 atom stereocenters. The van der Waals surface area contributed by atoms with Crippen LogP contribution in [-0.2, 0) is 20.8 Å². The van der Waals surface area contributed by atoms with E-state index in [1.165, 1.54) is 4.90 Å². The number of piperidine rings is 1. The summed E-state index contributed by atoms with van der Waals surface area (Å²) in [7, 11) is 0. The lowest BCUT2D eigenvalue weighted by Gasteiger charge is -2.37. The van der Waals surface area contributed by atoms with E-state index in [1.807, 2.05) is 30.3 Å². The number of rotatable bonds is 5. The second-order valence-electron chi connectivity index (χ2n) is 8.84. The van der Waals surface area contributed by atoms with Crippen LogP contribution < -0.4 is 5.32 Å². The normalized spacial score (nSPS) is 18.2. The third-order valence-corrected chi connectivity index (χ3v) is 4.99. The number of benzene rings is 2. The number of carbonyl (C=O) groups is 3. The van der Waals surface area contributed by atoms with Gasteiger partial charge in [-0.3, -0.25) is 0 Å². The Kier molecular flexibility index (Phi) is 7.92. The van der Waals surface area contributed by atoms with Crippen LogP contribution in [0.4, 0.5) is 9.59 Å². The van der Waals surface area contributed by atoms with Crippen LogP contribution in [-0.4, -0.2) is 53.9 Å². The quantitative estimate of drug-likeness (QED) is 0.539. The first-order valence-corrected chi connectivity index (χ1v) is 10.9. The number of alkyl carbamates (subject to hydrolysis) is 1. The van der Waals surface area contributed by atoms with Gasteiger partial charge in [-0.15, -0.1) is 0 Å². The summed E-state index contributed by atoms with van der Waals surface area (Å²) in [5, 5.41) is 2.78. The molecule has 0 saturated carbocycles. The largest absolute Gasteiger partial charge is 0.455 e. The van der Waals surface area contributed by atoms with Crippen molar-refractivity contribution >= 4 is 18.2 Å². The van der Waals surface area contributed by atoms with Crippen molar-refractivity contribution in [3.63, 3.8) is 0 Å². The fourth-order valence-corrected chi connectivity index (χ4v) is 3.42. The van der Waals surface area contributed by atoms with Crippen molar-refractivity contribution in [1.29, 1.82) is 0 Å². The van der Waals surface area contributed by atoms with Gasteiger partial charge in [0.15, 0.2) is 0 Å². The van der Waals surface area contributed by atoms with Gasteiger partial charge in [-0.1, -0.05) is 48.5 Å². The Morgan fingerprint density at radius 1 is 1.00 bits per heavy atom. The van der Waals surface area contributed by atoms with Crippen LogP contribution in [0.15, 0.2) is 60.7 Å². The monoisotopic (exact) mass is 454 g/mol. The van der Waals surface area contributed by atoms with E-state index in [-0.39, 0.29) is 13.2 Å². The number of amides is 2. The molecule has 1 saturated heterocycles. The Bertz CT molecular complexity index is 942. The van der Waals surface area contributed by atoms with E-state index in [9.17, 15) is 14.4 Å². The van der Waals surface area contributed by atoms with Crippen LogP contribution in [0.25, 0.3) is 0 Å². The molecular weight excluding hydrogens is 424 g/mol. The lowest BCUT2D eigenvalue weighted by atomic mass is 10.0. The molecule has 0 spiro atoms. The maximum atomic E-state index is 12.7. The Labute approximate surface area is 193 Å². The Hall–Kier alpha value is -3.55. The first-order chi connectivity index (χ1) is 15.7. The van der Waals surface area contributed by atoms with Gasteiger partial charge in [-0.25, -0.2) is 14.4 Å². The van der Waals surface area contributed by atoms with Crippen molar-refractivity contribution in [2.45, 2.75) is 51.5 Å². The molecule has 0 aromatic heterocycles. The summed E-state index contributed by atoms with van der Waals surface area (Å²) in [4.78, 5) is 39.1. The summed E-state index contributed by atoms with van der Waals surface area (Å²) >= 11 is 0. The van der Waals surface area contributed by atoms with E-state index >= 15 is 0 Å². The fourth-order valence-electron chi connectivity index (χ4n) is 3.42. The van der Waals surface area contributed by atoms with Crippen molar-refractivity contribution in [2.24, 2.45) is 0 Å². The standard InChI is InChI=1S/C25H30N2O6/c1-25(2,3)33-23(29)26-20-14-15-27(24(30)31-17-18-10-6-4-7-11-18)16-21(20)32-22(28)19-12-8-5-9-13-19/h4-13,20-21H,14-17H2,1-3H3,(H,26,29). The average molecular weight is 455 g/mol. The number of hydrogen-bond donors (Lipinski definition) is 1. The van der Waals surface area contributed by atoms with Crippen LogP contribution in [0.5, 0.6) is 0 Å². The second kappa shape index (κ2) is 10.8.